The van der Waals surface area contributed by atoms with Crippen LogP contribution in [0.25, 0.3) is 0 Å². The van der Waals surface area contributed by atoms with Crippen LogP contribution >= 0.6 is 15.9 Å². The van der Waals surface area contributed by atoms with E-state index in [1.807, 2.05) is 35.0 Å². The molecule has 0 unspecified atom stereocenters. The Hall–Kier alpha value is -1.13. The molecule has 0 aliphatic carbocycles. The summed E-state index contributed by atoms with van der Waals surface area (Å²) in [7, 11) is 0. The summed E-state index contributed by atoms with van der Waals surface area (Å²) in [5.41, 5.74) is 0.901. The molecule has 1 heterocycles. The molecule has 0 saturated carbocycles. The quantitative estimate of drug-likeness (QED) is 0.927. The first-order chi connectivity index (χ1) is 7.25. The largest absolute Gasteiger partial charge is 0.387 e. The maximum Gasteiger partial charge on any atom is 0.0969 e. The number of benzene rings is 1. The third kappa shape index (κ3) is 2.67. The van der Waals surface area contributed by atoms with Crippen LogP contribution in [-0.4, -0.2) is 14.7 Å². The van der Waals surface area contributed by atoms with E-state index in [1.165, 1.54) is 0 Å². The van der Waals surface area contributed by atoms with Crippen molar-refractivity contribution < 1.29 is 5.11 Å². The van der Waals surface area contributed by atoms with Gasteiger partial charge < -0.3 is 9.67 Å². The Morgan fingerprint density at radius 1 is 1.47 bits per heavy atom. The van der Waals surface area contributed by atoms with Gasteiger partial charge in [-0.25, -0.2) is 4.98 Å². The fourth-order valence-electron chi connectivity index (χ4n) is 1.41. The molecule has 0 aliphatic heterocycles. The number of aliphatic hydroxyl groups excluding tert-OH is 1. The minimum absolute atomic E-state index is 0.503. The van der Waals surface area contributed by atoms with Crippen molar-refractivity contribution in [2.45, 2.75) is 12.6 Å². The van der Waals surface area contributed by atoms with Crippen LogP contribution in [-0.2, 0) is 6.54 Å². The summed E-state index contributed by atoms with van der Waals surface area (Å²) in [6.07, 6.45) is 4.73. The Morgan fingerprint density at radius 2 is 2.33 bits per heavy atom. The summed E-state index contributed by atoms with van der Waals surface area (Å²) in [6, 6.07) is 7.68. The highest BCUT2D eigenvalue weighted by Crippen LogP contribution is 2.19. The maximum absolute atomic E-state index is 9.95. The van der Waals surface area contributed by atoms with Crippen LogP contribution in [0.4, 0.5) is 0 Å². The minimum atomic E-state index is -0.503. The van der Waals surface area contributed by atoms with Gasteiger partial charge in [0.05, 0.1) is 19.0 Å². The Morgan fingerprint density at radius 3 is 3.00 bits per heavy atom. The summed E-state index contributed by atoms with van der Waals surface area (Å²) in [4.78, 5) is 3.93. The molecule has 1 aromatic carbocycles. The molecule has 15 heavy (non-hydrogen) atoms. The molecule has 0 spiro atoms. The fourth-order valence-corrected chi connectivity index (χ4v) is 1.83. The molecule has 1 aromatic heterocycles. The first kappa shape index (κ1) is 10.4. The van der Waals surface area contributed by atoms with Crippen LogP contribution in [0, 0.1) is 0 Å². The molecule has 0 saturated heterocycles. The third-order valence-corrected chi connectivity index (χ3v) is 2.67. The molecule has 3 nitrogen and oxygen atoms in total. The number of aliphatic hydroxyl groups is 1. The minimum Gasteiger partial charge on any atom is -0.387 e. The van der Waals surface area contributed by atoms with Gasteiger partial charge in [0.15, 0.2) is 0 Å². The Balaban J connectivity index is 2.11. The number of halogens is 1. The topological polar surface area (TPSA) is 38.0 Å². The average molecular weight is 267 g/mol. The van der Waals surface area contributed by atoms with Crippen LogP contribution in [0.5, 0.6) is 0 Å². The zero-order chi connectivity index (χ0) is 10.7. The van der Waals surface area contributed by atoms with Gasteiger partial charge in [0.1, 0.15) is 0 Å². The van der Waals surface area contributed by atoms with Crippen molar-refractivity contribution in [3.63, 3.8) is 0 Å². The number of rotatable bonds is 3. The number of aromatic nitrogens is 2. The van der Waals surface area contributed by atoms with Crippen molar-refractivity contribution in [1.82, 2.24) is 9.55 Å². The van der Waals surface area contributed by atoms with Gasteiger partial charge in [-0.3, -0.25) is 0 Å². The normalized spacial score (nSPS) is 12.7. The van der Waals surface area contributed by atoms with Crippen LogP contribution in [0.3, 0.4) is 0 Å². The van der Waals surface area contributed by atoms with E-state index >= 15 is 0 Å². The lowest BCUT2D eigenvalue weighted by Gasteiger charge is -2.11. The van der Waals surface area contributed by atoms with Gasteiger partial charge in [-0.2, -0.15) is 0 Å². The van der Waals surface area contributed by atoms with Gasteiger partial charge in [-0.15, -0.1) is 0 Å². The molecule has 0 bridgehead atoms. The van der Waals surface area contributed by atoms with Gasteiger partial charge in [0.2, 0.25) is 0 Å². The van der Waals surface area contributed by atoms with E-state index in [9.17, 15) is 5.11 Å². The van der Waals surface area contributed by atoms with E-state index < -0.39 is 6.10 Å². The standard InChI is InChI=1S/C11H11BrN2O/c12-10-3-1-2-9(6-10)11(15)7-14-5-4-13-8-14/h1-6,8,11,15H,7H2/t11-/m0/s1. The van der Waals surface area contributed by atoms with Crippen molar-refractivity contribution in [3.05, 3.63) is 53.0 Å². The Labute approximate surface area is 96.5 Å². The molecule has 0 amide bonds. The molecular formula is C11H11BrN2O. The van der Waals surface area contributed by atoms with Gasteiger partial charge >= 0.3 is 0 Å². The van der Waals surface area contributed by atoms with Crippen LogP contribution < -0.4 is 0 Å². The van der Waals surface area contributed by atoms with E-state index in [4.69, 9.17) is 0 Å². The number of hydrogen-bond donors (Lipinski definition) is 1. The van der Waals surface area contributed by atoms with E-state index in [0.29, 0.717) is 6.54 Å². The first-order valence-electron chi connectivity index (χ1n) is 4.65. The molecule has 2 aromatic rings. The van der Waals surface area contributed by atoms with Crippen LogP contribution in [0.2, 0.25) is 0 Å². The number of nitrogens with zero attached hydrogens (tertiary/aromatic N) is 2. The molecule has 0 aliphatic rings. The Kier molecular flexibility index (Phi) is 3.18. The second kappa shape index (κ2) is 4.59. The fraction of sp³-hybridized carbons (Fsp3) is 0.182. The predicted octanol–water partition coefficient (Wildman–Crippen LogP) is 2.38. The lowest BCUT2D eigenvalue weighted by atomic mass is 10.1. The molecule has 4 heteroatoms. The van der Waals surface area contributed by atoms with Crippen molar-refractivity contribution >= 4 is 15.9 Å². The lowest BCUT2D eigenvalue weighted by Crippen LogP contribution is -2.06. The maximum atomic E-state index is 9.95. The molecular weight excluding hydrogens is 256 g/mol. The van der Waals surface area contributed by atoms with Gasteiger partial charge in [-0.1, -0.05) is 28.1 Å². The monoisotopic (exact) mass is 266 g/mol. The van der Waals surface area contributed by atoms with Gasteiger partial charge in [0, 0.05) is 16.9 Å². The smallest absolute Gasteiger partial charge is 0.0969 e. The van der Waals surface area contributed by atoms with Crippen LogP contribution in [0.1, 0.15) is 11.7 Å². The van der Waals surface area contributed by atoms with Crippen molar-refractivity contribution in [1.29, 1.82) is 0 Å². The molecule has 2 rings (SSSR count). The lowest BCUT2D eigenvalue weighted by molar-refractivity contribution is 0.156. The summed E-state index contributed by atoms with van der Waals surface area (Å²) in [5.74, 6) is 0. The van der Waals surface area contributed by atoms with Crippen molar-refractivity contribution in [2.75, 3.05) is 0 Å². The molecule has 1 atom stereocenters. The van der Waals surface area contributed by atoms with E-state index in [1.54, 1.807) is 12.5 Å². The predicted molar refractivity (Wildman–Crippen MR) is 61.3 cm³/mol. The summed E-state index contributed by atoms with van der Waals surface area (Å²) in [5, 5.41) is 9.95. The summed E-state index contributed by atoms with van der Waals surface area (Å²) < 4.78 is 2.83. The van der Waals surface area contributed by atoms with Crippen LogP contribution in [0.15, 0.2) is 47.5 Å². The zero-order valence-electron chi connectivity index (χ0n) is 8.05. The SMILES string of the molecule is O[C@@H](Cn1ccnc1)c1cccc(Br)c1. The summed E-state index contributed by atoms with van der Waals surface area (Å²) in [6.45, 7) is 0.524. The van der Waals surface area contributed by atoms with Crippen molar-refractivity contribution in [2.24, 2.45) is 0 Å². The van der Waals surface area contributed by atoms with E-state index in [-0.39, 0.29) is 0 Å². The number of imidazole rings is 1. The highest BCUT2D eigenvalue weighted by atomic mass is 79.9. The van der Waals surface area contributed by atoms with Crippen molar-refractivity contribution in [3.8, 4) is 0 Å². The first-order valence-corrected chi connectivity index (χ1v) is 5.44. The Bertz CT molecular complexity index is 428. The zero-order valence-corrected chi connectivity index (χ0v) is 9.63. The molecule has 1 N–H and O–H groups in total. The highest BCUT2D eigenvalue weighted by Gasteiger charge is 2.07. The summed E-state index contributed by atoms with van der Waals surface area (Å²) >= 11 is 3.38. The second-order valence-corrected chi connectivity index (χ2v) is 4.25. The van der Waals surface area contributed by atoms with Gasteiger partial charge in [-0.05, 0) is 17.7 Å². The second-order valence-electron chi connectivity index (χ2n) is 3.33. The highest BCUT2D eigenvalue weighted by molar-refractivity contribution is 9.10. The third-order valence-electron chi connectivity index (χ3n) is 2.18. The van der Waals surface area contributed by atoms with Gasteiger partial charge in [0.25, 0.3) is 0 Å². The molecule has 0 radical (unpaired) electrons. The number of hydrogen-bond acceptors (Lipinski definition) is 2. The molecule has 0 fully saturated rings. The van der Waals surface area contributed by atoms with E-state index in [2.05, 4.69) is 20.9 Å². The van der Waals surface area contributed by atoms with E-state index in [0.717, 1.165) is 10.0 Å². The average Bonchev–Trinajstić information content (AvgIpc) is 2.70. The molecule has 78 valence electrons.